The van der Waals surface area contributed by atoms with Crippen molar-refractivity contribution < 1.29 is 4.52 Å². The second-order valence-electron chi connectivity index (χ2n) is 4.12. The Morgan fingerprint density at radius 2 is 2.00 bits per heavy atom. The van der Waals surface area contributed by atoms with Crippen LogP contribution < -0.4 is 5.32 Å². The van der Waals surface area contributed by atoms with Crippen LogP contribution in [0.5, 0.6) is 0 Å². The number of aromatic nitrogens is 4. The average molecular weight is 255 g/mol. The van der Waals surface area contributed by atoms with Crippen LogP contribution in [0.1, 0.15) is 11.5 Å². The van der Waals surface area contributed by atoms with Crippen molar-refractivity contribution in [2.75, 3.05) is 6.54 Å². The first kappa shape index (κ1) is 11.7. The molecular formula is C13H13N5O. The number of rotatable bonds is 5. The fourth-order valence-electron chi connectivity index (χ4n) is 1.80. The summed E-state index contributed by atoms with van der Waals surface area (Å²) in [5, 5.41) is 7.03. The summed E-state index contributed by atoms with van der Waals surface area (Å²) in [5.41, 5.74) is 2.75. The Bertz CT molecular complexity index is 653. The lowest BCUT2D eigenvalue weighted by Gasteiger charge is -2.03. The van der Waals surface area contributed by atoms with E-state index >= 15 is 0 Å². The van der Waals surface area contributed by atoms with Gasteiger partial charge in [0.1, 0.15) is 0 Å². The highest BCUT2D eigenvalue weighted by atomic mass is 16.5. The second-order valence-corrected chi connectivity index (χ2v) is 4.12. The second kappa shape index (κ2) is 5.53. The van der Waals surface area contributed by atoms with Crippen molar-refractivity contribution in [1.29, 1.82) is 0 Å². The van der Waals surface area contributed by atoms with Crippen molar-refractivity contribution in [2.24, 2.45) is 0 Å². The number of hydrogen-bond acceptors (Lipinski definition) is 6. The fourth-order valence-corrected chi connectivity index (χ4v) is 1.80. The summed E-state index contributed by atoms with van der Waals surface area (Å²) in [6.07, 6.45) is 3.87. The van der Waals surface area contributed by atoms with Crippen molar-refractivity contribution in [3.8, 4) is 0 Å². The van der Waals surface area contributed by atoms with E-state index in [2.05, 4.69) is 29.9 Å². The van der Waals surface area contributed by atoms with E-state index in [0.29, 0.717) is 12.4 Å². The van der Waals surface area contributed by atoms with Crippen LogP contribution in [0, 0.1) is 0 Å². The largest absolute Gasteiger partial charge is 0.343 e. The van der Waals surface area contributed by atoms with Crippen LogP contribution in [-0.4, -0.2) is 26.7 Å². The minimum Gasteiger partial charge on any atom is -0.343 e. The normalized spacial score (nSPS) is 10.9. The van der Waals surface area contributed by atoms with E-state index < -0.39 is 0 Å². The lowest BCUT2D eigenvalue weighted by molar-refractivity contribution is 0.409. The summed E-state index contributed by atoms with van der Waals surface area (Å²) in [7, 11) is 0. The Morgan fingerprint density at radius 1 is 1.11 bits per heavy atom. The van der Waals surface area contributed by atoms with E-state index in [1.54, 1.807) is 6.20 Å². The van der Waals surface area contributed by atoms with Gasteiger partial charge in [0.2, 0.25) is 6.39 Å². The maximum atomic E-state index is 4.67. The van der Waals surface area contributed by atoms with Crippen LogP contribution in [0.15, 0.2) is 41.4 Å². The molecule has 6 heteroatoms. The first-order valence-electron chi connectivity index (χ1n) is 6.08. The first-order valence-corrected chi connectivity index (χ1v) is 6.08. The molecule has 2 aromatic heterocycles. The first-order chi connectivity index (χ1) is 9.42. The van der Waals surface area contributed by atoms with E-state index in [-0.39, 0.29) is 0 Å². The predicted molar refractivity (Wildman–Crippen MR) is 69.2 cm³/mol. The van der Waals surface area contributed by atoms with Crippen molar-refractivity contribution in [3.05, 3.63) is 48.4 Å². The molecule has 0 bridgehead atoms. The van der Waals surface area contributed by atoms with Crippen LogP contribution in [0.2, 0.25) is 0 Å². The van der Waals surface area contributed by atoms with E-state index in [0.717, 1.165) is 29.7 Å². The van der Waals surface area contributed by atoms with Crippen LogP contribution in [-0.2, 0) is 13.0 Å². The summed E-state index contributed by atoms with van der Waals surface area (Å²) in [5.74, 6) is 0.706. The van der Waals surface area contributed by atoms with Crippen molar-refractivity contribution >= 4 is 11.0 Å². The highest BCUT2D eigenvalue weighted by Crippen LogP contribution is 2.08. The monoisotopic (exact) mass is 255 g/mol. The third-order valence-corrected chi connectivity index (χ3v) is 2.74. The van der Waals surface area contributed by atoms with Gasteiger partial charge in [-0.2, -0.15) is 4.98 Å². The lowest BCUT2D eigenvalue weighted by atomic mass is 10.3. The molecule has 1 aromatic carbocycles. The zero-order valence-corrected chi connectivity index (χ0v) is 10.3. The molecule has 0 radical (unpaired) electrons. The van der Waals surface area contributed by atoms with Gasteiger partial charge in [-0.3, -0.25) is 4.98 Å². The molecule has 0 saturated heterocycles. The van der Waals surface area contributed by atoms with E-state index in [1.165, 1.54) is 6.39 Å². The number of fused-ring (bicyclic) bond motifs is 1. The van der Waals surface area contributed by atoms with E-state index in [9.17, 15) is 0 Å². The van der Waals surface area contributed by atoms with Gasteiger partial charge >= 0.3 is 0 Å². The van der Waals surface area contributed by atoms with E-state index in [4.69, 9.17) is 0 Å². The molecule has 3 aromatic rings. The Kier molecular flexibility index (Phi) is 3.42. The van der Waals surface area contributed by atoms with Gasteiger partial charge in [-0.05, 0) is 12.1 Å². The molecule has 0 saturated carbocycles. The summed E-state index contributed by atoms with van der Waals surface area (Å²) >= 11 is 0. The molecule has 0 aliphatic carbocycles. The van der Waals surface area contributed by atoms with Crippen LogP contribution in [0.4, 0.5) is 0 Å². The molecule has 19 heavy (non-hydrogen) atoms. The molecule has 0 atom stereocenters. The highest BCUT2D eigenvalue weighted by molar-refractivity contribution is 5.73. The van der Waals surface area contributed by atoms with Crippen molar-refractivity contribution in [3.63, 3.8) is 0 Å². The van der Waals surface area contributed by atoms with Gasteiger partial charge < -0.3 is 9.84 Å². The van der Waals surface area contributed by atoms with Gasteiger partial charge in [-0.1, -0.05) is 17.3 Å². The molecule has 0 aliphatic heterocycles. The quantitative estimate of drug-likeness (QED) is 0.693. The summed E-state index contributed by atoms with van der Waals surface area (Å²) in [6.45, 7) is 1.45. The predicted octanol–water partition coefficient (Wildman–Crippen LogP) is 1.35. The third-order valence-electron chi connectivity index (χ3n) is 2.74. The third kappa shape index (κ3) is 2.92. The van der Waals surface area contributed by atoms with Crippen LogP contribution in [0.25, 0.3) is 11.0 Å². The Labute approximate surface area is 109 Å². The topological polar surface area (TPSA) is 76.7 Å². The maximum absolute atomic E-state index is 4.67. The van der Waals surface area contributed by atoms with Gasteiger partial charge in [-0.25, -0.2) is 4.98 Å². The van der Waals surface area contributed by atoms with Crippen LogP contribution in [0.3, 0.4) is 0 Å². The molecule has 2 heterocycles. The number of hydrogen-bond donors (Lipinski definition) is 1. The molecule has 0 aliphatic rings. The standard InChI is InChI=1S/C13H13N5O/c1-2-4-12-11(3-1)15-8-10(17-12)7-14-6-5-13-16-9-19-18-13/h1-4,8-9,14H,5-7H2. The molecule has 3 rings (SSSR count). The zero-order chi connectivity index (χ0) is 12.9. The average Bonchev–Trinajstić information content (AvgIpc) is 2.97. The molecule has 0 amide bonds. The van der Waals surface area contributed by atoms with Gasteiger partial charge in [-0.15, -0.1) is 0 Å². The molecule has 0 fully saturated rings. The summed E-state index contributed by atoms with van der Waals surface area (Å²) in [4.78, 5) is 12.9. The van der Waals surface area contributed by atoms with Gasteiger partial charge in [0.05, 0.1) is 22.9 Å². The van der Waals surface area contributed by atoms with E-state index in [1.807, 2.05) is 24.3 Å². The molecular weight excluding hydrogens is 242 g/mol. The van der Waals surface area contributed by atoms with Gasteiger partial charge in [0.15, 0.2) is 5.82 Å². The van der Waals surface area contributed by atoms with Gasteiger partial charge in [0.25, 0.3) is 0 Å². The van der Waals surface area contributed by atoms with Crippen molar-refractivity contribution in [1.82, 2.24) is 25.4 Å². The fraction of sp³-hybridized carbons (Fsp3) is 0.231. The van der Waals surface area contributed by atoms with Crippen LogP contribution >= 0.6 is 0 Å². The Balaban J connectivity index is 1.56. The number of para-hydroxylation sites is 2. The maximum Gasteiger partial charge on any atom is 0.213 e. The summed E-state index contributed by atoms with van der Waals surface area (Å²) < 4.78 is 4.67. The highest BCUT2D eigenvalue weighted by Gasteiger charge is 2.00. The Morgan fingerprint density at radius 3 is 2.84 bits per heavy atom. The molecule has 6 nitrogen and oxygen atoms in total. The molecule has 0 spiro atoms. The summed E-state index contributed by atoms with van der Waals surface area (Å²) in [6, 6.07) is 7.84. The zero-order valence-electron chi connectivity index (χ0n) is 10.3. The smallest absolute Gasteiger partial charge is 0.213 e. The molecule has 96 valence electrons. The number of benzene rings is 1. The minimum absolute atomic E-state index is 0.676. The minimum atomic E-state index is 0.676. The van der Waals surface area contributed by atoms with Gasteiger partial charge in [0, 0.05) is 19.5 Å². The molecule has 1 N–H and O–H groups in total. The number of nitrogens with zero attached hydrogens (tertiary/aromatic N) is 4. The molecule has 0 unspecified atom stereocenters. The number of nitrogens with one attached hydrogen (secondary N) is 1. The SMILES string of the molecule is c1ccc2nc(CNCCc3ncon3)cnc2c1. The van der Waals surface area contributed by atoms with Crippen molar-refractivity contribution in [2.45, 2.75) is 13.0 Å². The lowest BCUT2D eigenvalue weighted by Crippen LogP contribution is -2.18. The Hall–Kier alpha value is -2.34.